The molecule has 0 spiro atoms. The Labute approximate surface area is 128 Å². The number of benzene rings is 1. The highest BCUT2D eigenvalue weighted by Crippen LogP contribution is 2.39. The van der Waals surface area contributed by atoms with Gasteiger partial charge >= 0.3 is 0 Å². The van der Waals surface area contributed by atoms with Gasteiger partial charge in [0.2, 0.25) is 0 Å². The minimum atomic E-state index is -0.215. The van der Waals surface area contributed by atoms with Crippen LogP contribution in [0.3, 0.4) is 0 Å². The summed E-state index contributed by atoms with van der Waals surface area (Å²) < 4.78 is 1.69. The first-order chi connectivity index (χ1) is 10.7. The van der Waals surface area contributed by atoms with E-state index in [1.54, 1.807) is 10.6 Å². The molecule has 1 aliphatic carbocycles. The molecule has 2 aromatic heterocycles. The van der Waals surface area contributed by atoms with Crippen LogP contribution in [0.2, 0.25) is 0 Å². The Morgan fingerprint density at radius 2 is 1.95 bits per heavy atom. The Balaban J connectivity index is 1.59. The average Bonchev–Trinajstić information content (AvgIpc) is 3.28. The fourth-order valence-corrected chi connectivity index (χ4v) is 2.43. The number of hydrogen-bond donors (Lipinski definition) is 1. The lowest BCUT2D eigenvalue weighted by molar-refractivity contribution is 0.102. The van der Waals surface area contributed by atoms with Crippen molar-refractivity contribution in [2.24, 2.45) is 0 Å². The second-order valence-electron chi connectivity index (χ2n) is 5.78. The van der Waals surface area contributed by atoms with Gasteiger partial charge in [0.1, 0.15) is 5.69 Å². The van der Waals surface area contributed by atoms with E-state index in [0.29, 0.717) is 11.6 Å². The number of nitrogens with one attached hydrogen (secondary N) is 1. The molecule has 1 aromatic carbocycles. The Morgan fingerprint density at radius 3 is 2.68 bits per heavy atom. The van der Waals surface area contributed by atoms with Crippen molar-refractivity contribution in [2.45, 2.75) is 25.7 Å². The predicted octanol–water partition coefficient (Wildman–Crippen LogP) is 3.17. The van der Waals surface area contributed by atoms with Gasteiger partial charge in [-0.15, -0.1) is 0 Å². The number of carbonyl (C=O) groups excluding carboxylic acids is 1. The van der Waals surface area contributed by atoms with Crippen molar-refractivity contribution in [1.82, 2.24) is 14.6 Å². The third-order valence-electron chi connectivity index (χ3n) is 3.88. The molecule has 4 rings (SSSR count). The molecule has 0 saturated heterocycles. The summed E-state index contributed by atoms with van der Waals surface area (Å²) in [6.07, 6.45) is 4.32. The van der Waals surface area contributed by atoms with Crippen molar-refractivity contribution in [3.8, 4) is 0 Å². The molecule has 0 atom stereocenters. The molecule has 0 unspecified atom stereocenters. The predicted molar refractivity (Wildman–Crippen MR) is 84.1 cm³/mol. The maximum atomic E-state index is 12.3. The molecule has 1 N–H and O–H groups in total. The van der Waals surface area contributed by atoms with Crippen LogP contribution in [0.4, 0.5) is 5.69 Å². The molecule has 22 heavy (non-hydrogen) atoms. The van der Waals surface area contributed by atoms with E-state index in [2.05, 4.69) is 15.4 Å². The van der Waals surface area contributed by atoms with Crippen molar-refractivity contribution < 1.29 is 4.79 Å². The second kappa shape index (κ2) is 4.94. The van der Waals surface area contributed by atoms with Crippen LogP contribution < -0.4 is 5.32 Å². The number of hydrogen-bond acceptors (Lipinski definition) is 3. The molecule has 3 aromatic rings. The molecule has 5 nitrogen and oxygen atoms in total. The van der Waals surface area contributed by atoms with Crippen LogP contribution >= 0.6 is 0 Å². The lowest BCUT2D eigenvalue weighted by atomic mass is 10.2. The van der Waals surface area contributed by atoms with Crippen molar-refractivity contribution in [1.29, 1.82) is 0 Å². The fourth-order valence-electron chi connectivity index (χ4n) is 2.43. The summed E-state index contributed by atoms with van der Waals surface area (Å²) in [6, 6.07) is 11.2. The van der Waals surface area contributed by atoms with Crippen LogP contribution in [0.25, 0.3) is 5.65 Å². The zero-order chi connectivity index (χ0) is 15.1. The summed E-state index contributed by atoms with van der Waals surface area (Å²) in [6.45, 7) is 2.01. The van der Waals surface area contributed by atoms with E-state index >= 15 is 0 Å². The summed E-state index contributed by atoms with van der Waals surface area (Å²) >= 11 is 0. The van der Waals surface area contributed by atoms with Crippen molar-refractivity contribution in [3.63, 3.8) is 0 Å². The van der Waals surface area contributed by atoms with Crippen LogP contribution in [0, 0.1) is 6.92 Å². The van der Waals surface area contributed by atoms with Crippen molar-refractivity contribution in [3.05, 3.63) is 59.5 Å². The van der Waals surface area contributed by atoms with E-state index in [4.69, 9.17) is 0 Å². The standard InChI is InChI=1S/C17H16N4O/c1-11-2-6-13(7-3-11)18-17(22)14-8-9-16-19-15(12-4-5-12)10-21(16)20-14/h2-3,6-10,12H,4-5H2,1H3,(H,18,22). The first kappa shape index (κ1) is 13.0. The molecule has 0 bridgehead atoms. The van der Waals surface area contributed by atoms with Crippen LogP contribution in [-0.2, 0) is 0 Å². The van der Waals surface area contributed by atoms with E-state index in [1.165, 1.54) is 12.8 Å². The fraction of sp³-hybridized carbons (Fsp3) is 0.235. The molecule has 1 fully saturated rings. The highest BCUT2D eigenvalue weighted by atomic mass is 16.1. The first-order valence-electron chi connectivity index (χ1n) is 7.43. The number of aromatic nitrogens is 3. The minimum Gasteiger partial charge on any atom is -0.321 e. The summed E-state index contributed by atoms with van der Waals surface area (Å²) in [5, 5.41) is 7.22. The minimum absolute atomic E-state index is 0.215. The SMILES string of the molecule is Cc1ccc(NC(=O)c2ccc3nc(C4CC4)cn3n2)cc1. The van der Waals surface area contributed by atoms with E-state index < -0.39 is 0 Å². The van der Waals surface area contributed by atoms with Gasteiger partial charge in [0.05, 0.1) is 11.9 Å². The molecular weight excluding hydrogens is 276 g/mol. The van der Waals surface area contributed by atoms with Gasteiger partial charge in [0.25, 0.3) is 5.91 Å². The molecule has 1 aliphatic rings. The van der Waals surface area contributed by atoms with Gasteiger partial charge < -0.3 is 5.32 Å². The monoisotopic (exact) mass is 292 g/mol. The summed E-state index contributed by atoms with van der Waals surface area (Å²) in [5.41, 5.74) is 4.16. The molecule has 1 amide bonds. The van der Waals surface area contributed by atoms with E-state index in [-0.39, 0.29) is 5.91 Å². The second-order valence-corrected chi connectivity index (χ2v) is 5.78. The van der Waals surface area contributed by atoms with Gasteiger partial charge in [-0.05, 0) is 44.0 Å². The average molecular weight is 292 g/mol. The van der Waals surface area contributed by atoms with Crippen LogP contribution in [0.1, 0.15) is 40.5 Å². The number of carbonyl (C=O) groups is 1. The molecule has 2 heterocycles. The topological polar surface area (TPSA) is 59.3 Å². The van der Waals surface area contributed by atoms with Gasteiger partial charge in [-0.25, -0.2) is 9.50 Å². The van der Waals surface area contributed by atoms with Crippen LogP contribution in [-0.4, -0.2) is 20.5 Å². The Kier molecular flexibility index (Phi) is 2.92. The summed E-state index contributed by atoms with van der Waals surface area (Å²) in [7, 11) is 0. The van der Waals surface area contributed by atoms with E-state index in [9.17, 15) is 4.79 Å². The molecule has 0 radical (unpaired) electrons. The Morgan fingerprint density at radius 1 is 1.18 bits per heavy atom. The molecule has 1 saturated carbocycles. The maximum Gasteiger partial charge on any atom is 0.276 e. The quantitative estimate of drug-likeness (QED) is 0.806. The number of fused-ring (bicyclic) bond motifs is 1. The smallest absolute Gasteiger partial charge is 0.276 e. The van der Waals surface area contributed by atoms with Crippen molar-refractivity contribution in [2.75, 3.05) is 5.32 Å². The number of imidazole rings is 1. The molecule has 110 valence electrons. The third-order valence-corrected chi connectivity index (χ3v) is 3.88. The van der Waals surface area contributed by atoms with Crippen LogP contribution in [0.5, 0.6) is 0 Å². The molecule has 0 aliphatic heterocycles. The lowest BCUT2D eigenvalue weighted by Gasteiger charge is -2.05. The van der Waals surface area contributed by atoms with E-state index in [1.807, 2.05) is 43.5 Å². The third kappa shape index (κ3) is 2.45. The number of anilines is 1. The van der Waals surface area contributed by atoms with Gasteiger partial charge in [0, 0.05) is 11.6 Å². The maximum absolute atomic E-state index is 12.3. The zero-order valence-electron chi connectivity index (χ0n) is 12.3. The number of amides is 1. The highest BCUT2D eigenvalue weighted by Gasteiger charge is 2.26. The molecular formula is C17H16N4O. The zero-order valence-corrected chi connectivity index (χ0v) is 12.3. The summed E-state index contributed by atoms with van der Waals surface area (Å²) in [5.74, 6) is 0.360. The van der Waals surface area contributed by atoms with Crippen molar-refractivity contribution >= 4 is 17.2 Å². The van der Waals surface area contributed by atoms with Gasteiger partial charge in [0.15, 0.2) is 5.65 Å². The normalized spacial score (nSPS) is 14.2. The number of rotatable bonds is 3. The largest absolute Gasteiger partial charge is 0.321 e. The number of aryl methyl sites for hydroxylation is 1. The first-order valence-corrected chi connectivity index (χ1v) is 7.43. The number of nitrogens with zero attached hydrogens (tertiary/aromatic N) is 3. The Hall–Kier alpha value is -2.69. The van der Waals surface area contributed by atoms with E-state index in [0.717, 1.165) is 22.6 Å². The van der Waals surface area contributed by atoms with Gasteiger partial charge in [-0.2, -0.15) is 5.10 Å². The summed E-state index contributed by atoms with van der Waals surface area (Å²) in [4.78, 5) is 16.8. The highest BCUT2D eigenvalue weighted by molar-refractivity contribution is 6.02. The molecule has 5 heteroatoms. The van der Waals surface area contributed by atoms with Gasteiger partial charge in [-0.3, -0.25) is 4.79 Å². The van der Waals surface area contributed by atoms with Gasteiger partial charge in [-0.1, -0.05) is 17.7 Å². The lowest BCUT2D eigenvalue weighted by Crippen LogP contribution is -2.15. The Bertz CT molecular complexity index is 847. The van der Waals surface area contributed by atoms with Crippen LogP contribution in [0.15, 0.2) is 42.6 Å².